The monoisotopic (exact) mass is 353 g/mol. The molecule has 7 nitrogen and oxygen atoms in total. The molecule has 0 aliphatic carbocycles. The normalized spacial score (nSPS) is 10.9. The summed E-state index contributed by atoms with van der Waals surface area (Å²) in [5.74, 6) is -3.31. The third-order valence-electron chi connectivity index (χ3n) is 3.04. The number of methoxy groups -OCH3 is 1. The van der Waals surface area contributed by atoms with Crippen LogP contribution in [0.25, 0.3) is 0 Å². The first kappa shape index (κ1) is 17.4. The second-order valence-corrected chi connectivity index (χ2v) is 6.24. The van der Waals surface area contributed by atoms with Gasteiger partial charge in [-0.3, -0.25) is 4.72 Å². The fourth-order valence-corrected chi connectivity index (χ4v) is 3.09. The first-order valence-corrected chi connectivity index (χ1v) is 7.97. The lowest BCUT2D eigenvalue weighted by atomic mass is 10.2. The van der Waals surface area contributed by atoms with Crippen LogP contribution in [-0.2, 0) is 14.8 Å². The van der Waals surface area contributed by atoms with Gasteiger partial charge in [-0.05, 0) is 30.3 Å². The van der Waals surface area contributed by atoms with Gasteiger partial charge in [-0.15, -0.1) is 0 Å². The van der Waals surface area contributed by atoms with Gasteiger partial charge in [-0.2, -0.15) is 0 Å². The van der Waals surface area contributed by atoms with Crippen molar-refractivity contribution in [3.8, 4) is 0 Å². The number of carboxylic acids is 1. The number of carbonyl (C=O) groups excluding carboxylic acids is 1. The number of esters is 1. The molecular formula is C15H12FNO6S. The lowest BCUT2D eigenvalue weighted by Crippen LogP contribution is -2.18. The summed E-state index contributed by atoms with van der Waals surface area (Å²) in [6, 6.07) is 7.96. The molecule has 2 aromatic carbocycles. The molecule has 0 heterocycles. The van der Waals surface area contributed by atoms with Crippen molar-refractivity contribution in [2.45, 2.75) is 4.90 Å². The number of aromatic carboxylic acids is 1. The molecule has 0 amide bonds. The van der Waals surface area contributed by atoms with Crippen LogP contribution in [0.15, 0.2) is 47.4 Å². The number of carbonyl (C=O) groups is 2. The minimum Gasteiger partial charge on any atom is -0.478 e. The quantitative estimate of drug-likeness (QED) is 0.797. The van der Waals surface area contributed by atoms with Gasteiger partial charge in [0.1, 0.15) is 10.7 Å². The van der Waals surface area contributed by atoms with E-state index in [0.29, 0.717) is 6.07 Å². The van der Waals surface area contributed by atoms with E-state index in [9.17, 15) is 22.4 Å². The Labute approximate surface area is 136 Å². The van der Waals surface area contributed by atoms with Crippen LogP contribution in [-0.4, -0.2) is 32.6 Å². The molecule has 0 aromatic heterocycles. The van der Waals surface area contributed by atoms with Crippen LogP contribution in [0.5, 0.6) is 0 Å². The average Bonchev–Trinajstić information content (AvgIpc) is 2.54. The van der Waals surface area contributed by atoms with E-state index in [-0.39, 0.29) is 11.3 Å². The molecule has 9 heteroatoms. The van der Waals surface area contributed by atoms with Gasteiger partial charge in [0.25, 0.3) is 10.0 Å². The smallest absolute Gasteiger partial charge is 0.339 e. The van der Waals surface area contributed by atoms with Crippen molar-refractivity contribution in [3.05, 3.63) is 59.4 Å². The van der Waals surface area contributed by atoms with Crippen LogP contribution < -0.4 is 4.72 Å². The number of hydrogen-bond acceptors (Lipinski definition) is 5. The highest BCUT2D eigenvalue weighted by Crippen LogP contribution is 2.23. The zero-order valence-corrected chi connectivity index (χ0v) is 13.1. The average molecular weight is 353 g/mol. The molecule has 0 radical (unpaired) electrons. The molecule has 0 atom stereocenters. The molecule has 0 aliphatic rings. The Hall–Kier alpha value is -2.94. The van der Waals surface area contributed by atoms with Crippen LogP contribution >= 0.6 is 0 Å². The Morgan fingerprint density at radius 2 is 1.83 bits per heavy atom. The second kappa shape index (κ2) is 6.67. The molecule has 24 heavy (non-hydrogen) atoms. The summed E-state index contributed by atoms with van der Waals surface area (Å²) >= 11 is 0. The number of ether oxygens (including phenoxy) is 1. The van der Waals surface area contributed by atoms with Gasteiger partial charge in [0, 0.05) is 0 Å². The van der Waals surface area contributed by atoms with Crippen LogP contribution in [0.1, 0.15) is 20.7 Å². The minimum atomic E-state index is -4.46. The minimum absolute atomic E-state index is 0.0710. The Morgan fingerprint density at radius 3 is 2.46 bits per heavy atom. The van der Waals surface area contributed by atoms with E-state index in [0.717, 1.165) is 19.2 Å². The predicted molar refractivity (Wildman–Crippen MR) is 81.9 cm³/mol. The second-order valence-electron chi connectivity index (χ2n) is 4.59. The molecule has 0 saturated carbocycles. The summed E-state index contributed by atoms with van der Waals surface area (Å²) < 4.78 is 45.2. The summed E-state index contributed by atoms with van der Waals surface area (Å²) in [5, 5.41) is 8.91. The number of carboxylic acid groups (broad SMARTS) is 1. The van der Waals surface area contributed by atoms with E-state index in [1.165, 1.54) is 24.3 Å². The number of rotatable bonds is 5. The lowest BCUT2D eigenvalue weighted by Gasteiger charge is -2.12. The summed E-state index contributed by atoms with van der Waals surface area (Å²) in [6.07, 6.45) is 0. The number of para-hydroxylation sites is 1. The molecule has 0 fully saturated rings. The molecule has 2 N–H and O–H groups in total. The highest BCUT2D eigenvalue weighted by atomic mass is 32.2. The van der Waals surface area contributed by atoms with E-state index in [2.05, 4.69) is 9.46 Å². The maximum atomic E-state index is 13.9. The van der Waals surface area contributed by atoms with E-state index < -0.39 is 38.2 Å². The summed E-state index contributed by atoms with van der Waals surface area (Å²) in [6.45, 7) is 0. The zero-order chi connectivity index (χ0) is 17.9. The third kappa shape index (κ3) is 3.51. The van der Waals surface area contributed by atoms with Crippen molar-refractivity contribution >= 4 is 27.6 Å². The highest BCUT2D eigenvalue weighted by Gasteiger charge is 2.23. The highest BCUT2D eigenvalue weighted by molar-refractivity contribution is 7.92. The van der Waals surface area contributed by atoms with Crippen molar-refractivity contribution in [2.24, 2.45) is 0 Å². The predicted octanol–water partition coefficient (Wildman–Crippen LogP) is 2.11. The van der Waals surface area contributed by atoms with Gasteiger partial charge in [0.05, 0.1) is 23.9 Å². The number of sulfonamides is 1. The Kier molecular flexibility index (Phi) is 4.84. The lowest BCUT2D eigenvalue weighted by molar-refractivity contribution is 0.0601. The number of hydrogen-bond donors (Lipinski definition) is 2. The van der Waals surface area contributed by atoms with Crippen molar-refractivity contribution in [3.63, 3.8) is 0 Å². The van der Waals surface area contributed by atoms with Crippen molar-refractivity contribution in [2.75, 3.05) is 11.8 Å². The largest absolute Gasteiger partial charge is 0.478 e. The summed E-state index contributed by atoms with van der Waals surface area (Å²) in [4.78, 5) is 21.7. The molecule has 0 unspecified atom stereocenters. The molecule has 0 spiro atoms. The van der Waals surface area contributed by atoms with Crippen molar-refractivity contribution < 1.29 is 32.2 Å². The summed E-state index contributed by atoms with van der Waals surface area (Å²) in [5.41, 5.74) is -0.583. The van der Waals surface area contributed by atoms with E-state index >= 15 is 0 Å². The maximum absolute atomic E-state index is 13.9. The van der Waals surface area contributed by atoms with Gasteiger partial charge in [0.2, 0.25) is 0 Å². The maximum Gasteiger partial charge on any atom is 0.339 e. The number of benzene rings is 2. The van der Waals surface area contributed by atoms with Gasteiger partial charge >= 0.3 is 11.9 Å². The fraction of sp³-hybridized carbons (Fsp3) is 0.0667. The zero-order valence-electron chi connectivity index (χ0n) is 12.3. The van der Waals surface area contributed by atoms with Gasteiger partial charge in [0.15, 0.2) is 0 Å². The molecule has 2 aromatic rings. The molecular weight excluding hydrogens is 341 g/mol. The van der Waals surface area contributed by atoms with Gasteiger partial charge < -0.3 is 9.84 Å². The number of anilines is 1. The number of nitrogens with one attached hydrogen (secondary N) is 1. The Bertz CT molecular complexity index is 910. The molecule has 126 valence electrons. The van der Waals surface area contributed by atoms with Crippen LogP contribution in [0.2, 0.25) is 0 Å². The molecule has 2 rings (SSSR count). The molecule has 0 saturated heterocycles. The van der Waals surface area contributed by atoms with Crippen LogP contribution in [0.3, 0.4) is 0 Å². The Balaban J connectivity index is 2.49. The van der Waals surface area contributed by atoms with E-state index in [1.807, 2.05) is 0 Å². The molecule has 0 aliphatic heterocycles. The topological polar surface area (TPSA) is 110 Å². The van der Waals surface area contributed by atoms with Crippen molar-refractivity contribution in [1.82, 2.24) is 0 Å². The van der Waals surface area contributed by atoms with Crippen molar-refractivity contribution in [1.29, 1.82) is 0 Å². The van der Waals surface area contributed by atoms with Gasteiger partial charge in [-0.25, -0.2) is 22.4 Å². The first-order chi connectivity index (χ1) is 11.3. The number of halogens is 1. The third-order valence-corrected chi connectivity index (χ3v) is 4.42. The molecule has 0 bridgehead atoms. The first-order valence-electron chi connectivity index (χ1n) is 6.49. The summed E-state index contributed by atoms with van der Waals surface area (Å²) in [7, 11) is -3.33. The SMILES string of the molecule is COC(=O)c1ccccc1NS(=O)(=O)c1cc(C(=O)O)ccc1F. The van der Waals surface area contributed by atoms with Gasteiger partial charge in [-0.1, -0.05) is 12.1 Å². The Morgan fingerprint density at radius 1 is 1.17 bits per heavy atom. The van der Waals surface area contributed by atoms with E-state index in [1.54, 1.807) is 0 Å². The standard InChI is InChI=1S/C15H12FNO6S/c1-23-15(20)10-4-2-3-5-12(10)17-24(21,22)13-8-9(14(18)19)6-7-11(13)16/h2-8,17H,1H3,(H,18,19). The van der Waals surface area contributed by atoms with Crippen LogP contribution in [0.4, 0.5) is 10.1 Å². The fourth-order valence-electron chi connectivity index (χ4n) is 1.90. The van der Waals surface area contributed by atoms with Crippen LogP contribution in [0, 0.1) is 5.82 Å². The van der Waals surface area contributed by atoms with E-state index in [4.69, 9.17) is 5.11 Å².